The maximum Gasteiger partial charge on any atom is 0.343 e. The molecule has 0 saturated carbocycles. The predicted octanol–water partition coefficient (Wildman–Crippen LogP) is 0.201. The molecule has 19 heavy (non-hydrogen) atoms. The van der Waals surface area contributed by atoms with Crippen LogP contribution in [0.25, 0.3) is 0 Å². The number of aromatic amines is 1. The highest BCUT2D eigenvalue weighted by atomic mass is 32.2. The summed E-state index contributed by atoms with van der Waals surface area (Å²) in [7, 11) is 3.17. The van der Waals surface area contributed by atoms with E-state index in [9.17, 15) is 9.59 Å². The third-order valence-corrected chi connectivity index (χ3v) is 3.68. The lowest BCUT2D eigenvalue weighted by Crippen LogP contribution is -2.17. The van der Waals surface area contributed by atoms with Crippen molar-refractivity contribution in [3.8, 4) is 0 Å². The van der Waals surface area contributed by atoms with E-state index in [1.807, 2.05) is 0 Å². The molecule has 1 aromatic heterocycles. The smallest absolute Gasteiger partial charge is 0.343 e. The van der Waals surface area contributed by atoms with Crippen molar-refractivity contribution in [2.45, 2.75) is 10.1 Å². The summed E-state index contributed by atoms with van der Waals surface area (Å²) in [5, 5.41) is 9.26. The number of carbonyl (C=O) groups is 1. The van der Waals surface area contributed by atoms with E-state index >= 15 is 0 Å². The largest absolute Gasteiger partial charge is 0.398 e. The van der Waals surface area contributed by atoms with Gasteiger partial charge in [-0.1, -0.05) is 0 Å². The molecule has 4 N–H and O–H groups in total. The van der Waals surface area contributed by atoms with E-state index in [4.69, 9.17) is 5.73 Å². The summed E-state index contributed by atoms with van der Waals surface area (Å²) in [6, 6.07) is 4.98. The molecule has 2 rings (SSSR count). The standard InChI is InChI=1S/C11H13N5O2S/c1-13-9(17)6-3-4-8(7(12)5-6)19-11-15-14-10(18)16(11)2/h3-5H,12H2,1-2H3,(H,13,17)(H,14,18). The molecule has 2 aromatic rings. The van der Waals surface area contributed by atoms with Gasteiger partial charge in [-0.2, -0.15) is 0 Å². The van der Waals surface area contributed by atoms with Gasteiger partial charge in [-0.3, -0.25) is 9.36 Å². The number of carbonyl (C=O) groups excluding carboxylic acids is 1. The van der Waals surface area contributed by atoms with Crippen molar-refractivity contribution < 1.29 is 4.79 Å². The van der Waals surface area contributed by atoms with Crippen molar-refractivity contribution in [1.29, 1.82) is 0 Å². The monoisotopic (exact) mass is 279 g/mol. The van der Waals surface area contributed by atoms with E-state index in [-0.39, 0.29) is 11.6 Å². The van der Waals surface area contributed by atoms with Gasteiger partial charge in [0.1, 0.15) is 0 Å². The van der Waals surface area contributed by atoms with Gasteiger partial charge in [-0.25, -0.2) is 9.89 Å². The first-order valence-electron chi connectivity index (χ1n) is 5.43. The van der Waals surface area contributed by atoms with E-state index < -0.39 is 0 Å². The number of H-pyrrole nitrogens is 1. The average molecular weight is 279 g/mol. The number of amides is 1. The van der Waals surface area contributed by atoms with Crippen LogP contribution >= 0.6 is 11.8 Å². The Labute approximate surface area is 113 Å². The third kappa shape index (κ3) is 2.63. The van der Waals surface area contributed by atoms with E-state index in [1.165, 1.54) is 16.3 Å². The number of hydrogen-bond acceptors (Lipinski definition) is 5. The Balaban J connectivity index is 2.29. The number of benzene rings is 1. The first-order valence-corrected chi connectivity index (χ1v) is 6.25. The number of anilines is 1. The Morgan fingerprint density at radius 1 is 1.53 bits per heavy atom. The molecule has 100 valence electrons. The fourth-order valence-corrected chi connectivity index (χ4v) is 2.27. The van der Waals surface area contributed by atoms with Crippen molar-refractivity contribution in [2.24, 2.45) is 7.05 Å². The van der Waals surface area contributed by atoms with Crippen LogP contribution in [0.2, 0.25) is 0 Å². The Kier molecular flexibility index (Phi) is 3.61. The third-order valence-electron chi connectivity index (χ3n) is 2.54. The number of rotatable bonds is 3. The molecule has 0 spiro atoms. The molecule has 0 fully saturated rings. The number of hydrogen-bond donors (Lipinski definition) is 3. The van der Waals surface area contributed by atoms with Crippen LogP contribution in [-0.4, -0.2) is 27.7 Å². The molecule has 0 unspecified atom stereocenters. The van der Waals surface area contributed by atoms with Crippen LogP contribution in [0.1, 0.15) is 10.4 Å². The molecule has 1 amide bonds. The second-order valence-electron chi connectivity index (χ2n) is 3.80. The Morgan fingerprint density at radius 2 is 2.26 bits per heavy atom. The fourth-order valence-electron chi connectivity index (χ4n) is 1.45. The second-order valence-corrected chi connectivity index (χ2v) is 4.81. The van der Waals surface area contributed by atoms with Gasteiger partial charge in [-0.05, 0) is 30.0 Å². The average Bonchev–Trinajstić information content (AvgIpc) is 2.72. The van der Waals surface area contributed by atoms with Gasteiger partial charge in [0.15, 0.2) is 5.16 Å². The van der Waals surface area contributed by atoms with E-state index in [2.05, 4.69) is 15.5 Å². The number of nitrogen functional groups attached to an aromatic ring is 1. The number of aromatic nitrogens is 3. The van der Waals surface area contributed by atoms with Gasteiger partial charge < -0.3 is 11.1 Å². The lowest BCUT2D eigenvalue weighted by atomic mass is 10.2. The quantitative estimate of drug-likeness (QED) is 0.696. The summed E-state index contributed by atoms with van der Waals surface area (Å²) in [4.78, 5) is 23.4. The molecule has 0 aliphatic heterocycles. The van der Waals surface area contributed by atoms with E-state index in [0.717, 1.165) is 4.90 Å². The number of nitrogens with zero attached hydrogens (tertiary/aromatic N) is 2. The van der Waals surface area contributed by atoms with Gasteiger partial charge in [-0.15, -0.1) is 5.10 Å². The molecular formula is C11H13N5O2S. The number of nitrogens with one attached hydrogen (secondary N) is 2. The van der Waals surface area contributed by atoms with E-state index in [1.54, 1.807) is 32.3 Å². The second kappa shape index (κ2) is 5.19. The zero-order chi connectivity index (χ0) is 14.0. The normalized spacial score (nSPS) is 10.4. The minimum absolute atomic E-state index is 0.199. The minimum atomic E-state index is -0.289. The molecule has 0 aliphatic carbocycles. The molecule has 1 heterocycles. The lowest BCUT2D eigenvalue weighted by molar-refractivity contribution is 0.0963. The van der Waals surface area contributed by atoms with Gasteiger partial charge in [0.2, 0.25) is 0 Å². The Bertz CT molecular complexity index is 676. The van der Waals surface area contributed by atoms with Gasteiger partial charge in [0.05, 0.1) is 0 Å². The SMILES string of the molecule is CNC(=O)c1ccc(Sc2n[nH]c(=O)n2C)c(N)c1. The highest BCUT2D eigenvalue weighted by Crippen LogP contribution is 2.30. The minimum Gasteiger partial charge on any atom is -0.398 e. The Morgan fingerprint density at radius 3 is 2.79 bits per heavy atom. The highest BCUT2D eigenvalue weighted by Gasteiger charge is 2.11. The lowest BCUT2D eigenvalue weighted by Gasteiger charge is -2.06. The topological polar surface area (TPSA) is 106 Å². The molecule has 7 nitrogen and oxygen atoms in total. The highest BCUT2D eigenvalue weighted by molar-refractivity contribution is 7.99. The molecule has 1 aromatic carbocycles. The molecule has 0 saturated heterocycles. The van der Waals surface area contributed by atoms with Crippen LogP contribution in [-0.2, 0) is 7.05 Å². The molecule has 8 heteroatoms. The van der Waals surface area contributed by atoms with Gasteiger partial charge in [0.25, 0.3) is 5.91 Å². The van der Waals surface area contributed by atoms with Gasteiger partial charge in [0, 0.05) is 30.2 Å². The van der Waals surface area contributed by atoms with E-state index in [0.29, 0.717) is 16.4 Å². The zero-order valence-electron chi connectivity index (χ0n) is 10.4. The fraction of sp³-hybridized carbons (Fsp3) is 0.182. The van der Waals surface area contributed by atoms with Crippen LogP contribution in [0.4, 0.5) is 5.69 Å². The van der Waals surface area contributed by atoms with Crippen molar-refractivity contribution in [2.75, 3.05) is 12.8 Å². The summed E-state index contributed by atoms with van der Waals surface area (Å²) in [5.74, 6) is -0.199. The molecule has 0 bridgehead atoms. The molecular weight excluding hydrogens is 266 g/mol. The maximum atomic E-state index is 11.5. The van der Waals surface area contributed by atoms with Crippen molar-refractivity contribution in [3.05, 3.63) is 34.2 Å². The van der Waals surface area contributed by atoms with Crippen LogP contribution in [0.15, 0.2) is 33.0 Å². The molecule has 0 aliphatic rings. The number of nitrogens with two attached hydrogens (primary N) is 1. The zero-order valence-corrected chi connectivity index (χ0v) is 11.2. The molecule has 0 atom stereocenters. The van der Waals surface area contributed by atoms with Crippen LogP contribution in [0.5, 0.6) is 0 Å². The molecule has 0 radical (unpaired) electrons. The van der Waals surface area contributed by atoms with Crippen molar-refractivity contribution in [1.82, 2.24) is 20.1 Å². The van der Waals surface area contributed by atoms with Crippen LogP contribution in [0, 0.1) is 0 Å². The van der Waals surface area contributed by atoms with Crippen LogP contribution in [0.3, 0.4) is 0 Å². The first-order chi connectivity index (χ1) is 9.02. The summed E-state index contributed by atoms with van der Waals surface area (Å²) in [6.07, 6.45) is 0. The summed E-state index contributed by atoms with van der Waals surface area (Å²) in [6.45, 7) is 0. The first kappa shape index (κ1) is 13.2. The van der Waals surface area contributed by atoms with Crippen molar-refractivity contribution in [3.63, 3.8) is 0 Å². The summed E-state index contributed by atoms with van der Waals surface area (Å²) >= 11 is 1.25. The summed E-state index contributed by atoms with van der Waals surface area (Å²) in [5.41, 5.74) is 6.55. The van der Waals surface area contributed by atoms with Crippen molar-refractivity contribution >= 4 is 23.4 Å². The van der Waals surface area contributed by atoms with Crippen LogP contribution < -0.4 is 16.7 Å². The Hall–Kier alpha value is -2.22. The maximum absolute atomic E-state index is 11.5. The summed E-state index contributed by atoms with van der Waals surface area (Å²) < 4.78 is 1.39. The van der Waals surface area contributed by atoms with Gasteiger partial charge >= 0.3 is 5.69 Å². The predicted molar refractivity (Wildman–Crippen MR) is 72.2 cm³/mol.